The number of H-pyrrole nitrogens is 1. The van der Waals surface area contributed by atoms with E-state index in [-0.39, 0.29) is 10.9 Å². The first-order chi connectivity index (χ1) is 7.58. The lowest BCUT2D eigenvalue weighted by Crippen LogP contribution is -2.10. The summed E-state index contributed by atoms with van der Waals surface area (Å²) in [4.78, 5) is 17.6. The van der Waals surface area contributed by atoms with Crippen LogP contribution in [0.2, 0.25) is 0 Å². The van der Waals surface area contributed by atoms with E-state index in [0.29, 0.717) is 5.82 Å². The number of hydrogen-bond donors (Lipinski definition) is 1. The third-order valence-electron chi connectivity index (χ3n) is 1.87. The molecule has 2 rings (SSSR count). The highest BCUT2D eigenvalue weighted by Gasteiger charge is 2.07. The minimum absolute atomic E-state index is 0.0505. The molecular formula is C11H12F2N2O. The second-order valence-electron chi connectivity index (χ2n) is 2.93. The average molecular weight is 226 g/mol. The van der Waals surface area contributed by atoms with Gasteiger partial charge in [0.15, 0.2) is 11.6 Å². The maximum absolute atomic E-state index is 12.8. The molecule has 1 aromatic heterocycles. The second-order valence-corrected chi connectivity index (χ2v) is 2.93. The van der Waals surface area contributed by atoms with Crippen molar-refractivity contribution in [2.45, 2.75) is 20.8 Å². The summed E-state index contributed by atoms with van der Waals surface area (Å²) in [6.45, 7) is 5.57. The van der Waals surface area contributed by atoms with E-state index in [9.17, 15) is 13.6 Å². The van der Waals surface area contributed by atoms with Gasteiger partial charge in [0.2, 0.25) is 0 Å². The van der Waals surface area contributed by atoms with Gasteiger partial charge in [-0.2, -0.15) is 0 Å². The molecule has 0 aliphatic rings. The van der Waals surface area contributed by atoms with Crippen molar-refractivity contribution in [2.24, 2.45) is 0 Å². The van der Waals surface area contributed by atoms with Crippen molar-refractivity contribution in [1.29, 1.82) is 0 Å². The molecule has 0 spiro atoms. The molecule has 0 aliphatic heterocycles. The van der Waals surface area contributed by atoms with Crippen LogP contribution in [0.15, 0.2) is 16.9 Å². The first-order valence-electron chi connectivity index (χ1n) is 4.93. The summed E-state index contributed by atoms with van der Waals surface area (Å²) < 4.78 is 25.6. The van der Waals surface area contributed by atoms with Gasteiger partial charge in [-0.15, -0.1) is 0 Å². The van der Waals surface area contributed by atoms with Crippen molar-refractivity contribution in [1.82, 2.24) is 9.97 Å². The summed E-state index contributed by atoms with van der Waals surface area (Å²) in [6, 6.07) is 1.75. The topological polar surface area (TPSA) is 45.8 Å². The Labute approximate surface area is 91.1 Å². The third-order valence-corrected chi connectivity index (χ3v) is 1.87. The van der Waals surface area contributed by atoms with Crippen molar-refractivity contribution in [3.05, 3.63) is 39.9 Å². The molecule has 1 N–H and O–H groups in total. The highest BCUT2D eigenvalue weighted by Crippen LogP contribution is 2.12. The van der Waals surface area contributed by atoms with Gasteiger partial charge in [-0.1, -0.05) is 13.8 Å². The Bertz CT molecular complexity index is 564. The number of rotatable bonds is 0. The van der Waals surface area contributed by atoms with Gasteiger partial charge in [-0.3, -0.25) is 4.79 Å². The van der Waals surface area contributed by atoms with E-state index in [0.717, 1.165) is 12.1 Å². The van der Waals surface area contributed by atoms with E-state index in [1.807, 2.05) is 13.8 Å². The van der Waals surface area contributed by atoms with E-state index >= 15 is 0 Å². The molecule has 0 aliphatic carbocycles. The number of nitrogens with zero attached hydrogens (tertiary/aromatic N) is 1. The second kappa shape index (κ2) is 4.83. The summed E-state index contributed by atoms with van der Waals surface area (Å²) in [7, 11) is 0. The number of aromatic nitrogens is 2. The van der Waals surface area contributed by atoms with Crippen LogP contribution in [0.1, 0.15) is 19.7 Å². The van der Waals surface area contributed by atoms with Crippen LogP contribution in [0, 0.1) is 18.6 Å². The SMILES string of the molecule is CC.Cc1nc2cc(F)c(F)cc2c(=O)[nH]1. The lowest BCUT2D eigenvalue weighted by atomic mass is 10.2. The molecule has 1 aromatic carbocycles. The summed E-state index contributed by atoms with van der Waals surface area (Å²) in [5, 5.41) is 0.0505. The lowest BCUT2D eigenvalue weighted by Gasteiger charge is -1.99. The summed E-state index contributed by atoms with van der Waals surface area (Å²) in [6.07, 6.45) is 0. The molecule has 2 aromatic rings. The molecule has 0 saturated carbocycles. The Morgan fingerprint density at radius 3 is 2.38 bits per heavy atom. The summed E-state index contributed by atoms with van der Waals surface area (Å²) in [5.74, 6) is -1.68. The van der Waals surface area contributed by atoms with Gasteiger partial charge in [0, 0.05) is 6.07 Å². The molecule has 1 heterocycles. The predicted octanol–water partition coefficient (Wildman–Crippen LogP) is 2.54. The largest absolute Gasteiger partial charge is 0.310 e. The van der Waals surface area contributed by atoms with Crippen LogP contribution in [0.5, 0.6) is 0 Å². The van der Waals surface area contributed by atoms with Gasteiger partial charge in [-0.25, -0.2) is 13.8 Å². The van der Waals surface area contributed by atoms with Gasteiger partial charge in [0.25, 0.3) is 5.56 Å². The normalized spacial score (nSPS) is 9.81. The van der Waals surface area contributed by atoms with Gasteiger partial charge in [0.1, 0.15) is 5.82 Å². The molecule has 86 valence electrons. The van der Waals surface area contributed by atoms with E-state index in [4.69, 9.17) is 0 Å². The molecule has 5 heteroatoms. The van der Waals surface area contributed by atoms with Crippen LogP contribution in [-0.4, -0.2) is 9.97 Å². The van der Waals surface area contributed by atoms with Gasteiger partial charge >= 0.3 is 0 Å². The van der Waals surface area contributed by atoms with Crippen molar-refractivity contribution >= 4 is 10.9 Å². The Morgan fingerprint density at radius 1 is 1.19 bits per heavy atom. The number of halogens is 2. The number of fused-ring (bicyclic) bond motifs is 1. The van der Waals surface area contributed by atoms with E-state index < -0.39 is 17.2 Å². The zero-order valence-electron chi connectivity index (χ0n) is 9.27. The highest BCUT2D eigenvalue weighted by atomic mass is 19.2. The van der Waals surface area contributed by atoms with Crippen LogP contribution in [0.25, 0.3) is 10.9 Å². The number of benzene rings is 1. The predicted molar refractivity (Wildman–Crippen MR) is 58.4 cm³/mol. The fraction of sp³-hybridized carbons (Fsp3) is 0.273. The zero-order valence-corrected chi connectivity index (χ0v) is 9.27. The number of aromatic amines is 1. The van der Waals surface area contributed by atoms with Crippen LogP contribution in [-0.2, 0) is 0 Å². The van der Waals surface area contributed by atoms with Crippen LogP contribution < -0.4 is 5.56 Å². The summed E-state index contributed by atoms with van der Waals surface area (Å²) >= 11 is 0. The molecule has 16 heavy (non-hydrogen) atoms. The van der Waals surface area contributed by atoms with E-state index in [1.54, 1.807) is 6.92 Å². The fourth-order valence-electron chi connectivity index (χ4n) is 1.25. The third kappa shape index (κ3) is 2.24. The van der Waals surface area contributed by atoms with E-state index in [2.05, 4.69) is 9.97 Å². The molecule has 0 saturated heterocycles. The van der Waals surface area contributed by atoms with Crippen LogP contribution in [0.3, 0.4) is 0 Å². The highest BCUT2D eigenvalue weighted by molar-refractivity contribution is 5.77. The standard InChI is InChI=1S/C9H6F2N2O.C2H6/c1-4-12-8-3-7(11)6(10)2-5(8)9(14)13-4;1-2/h2-3H,1H3,(H,12,13,14);1-2H3. The minimum Gasteiger partial charge on any atom is -0.310 e. The first kappa shape index (κ1) is 12.3. The monoisotopic (exact) mass is 226 g/mol. The fourth-order valence-corrected chi connectivity index (χ4v) is 1.25. The first-order valence-corrected chi connectivity index (χ1v) is 4.93. The Balaban J connectivity index is 0.000000606. The molecule has 0 bridgehead atoms. The van der Waals surface area contributed by atoms with Crippen molar-refractivity contribution < 1.29 is 8.78 Å². The van der Waals surface area contributed by atoms with E-state index in [1.165, 1.54) is 0 Å². The van der Waals surface area contributed by atoms with Crippen LogP contribution >= 0.6 is 0 Å². The minimum atomic E-state index is -1.05. The van der Waals surface area contributed by atoms with Crippen molar-refractivity contribution in [3.63, 3.8) is 0 Å². The molecule has 0 atom stereocenters. The molecule has 0 amide bonds. The molecular weight excluding hydrogens is 214 g/mol. The van der Waals surface area contributed by atoms with Gasteiger partial charge in [0.05, 0.1) is 10.9 Å². The molecule has 0 unspecified atom stereocenters. The Hall–Kier alpha value is -1.78. The number of hydrogen-bond acceptors (Lipinski definition) is 2. The number of nitrogens with one attached hydrogen (secondary N) is 1. The van der Waals surface area contributed by atoms with Gasteiger partial charge in [-0.05, 0) is 13.0 Å². The van der Waals surface area contributed by atoms with Gasteiger partial charge < -0.3 is 4.98 Å². The molecule has 0 fully saturated rings. The zero-order chi connectivity index (χ0) is 12.3. The molecule has 3 nitrogen and oxygen atoms in total. The smallest absolute Gasteiger partial charge is 0.258 e. The summed E-state index contributed by atoms with van der Waals surface area (Å²) in [5.41, 5.74) is -0.309. The maximum atomic E-state index is 12.8. The van der Waals surface area contributed by atoms with Crippen molar-refractivity contribution in [2.75, 3.05) is 0 Å². The Morgan fingerprint density at radius 2 is 1.75 bits per heavy atom. The molecule has 0 radical (unpaired) electrons. The maximum Gasteiger partial charge on any atom is 0.258 e. The average Bonchev–Trinajstić information content (AvgIpc) is 2.24. The number of aryl methyl sites for hydroxylation is 1. The quantitative estimate of drug-likeness (QED) is 0.750. The van der Waals surface area contributed by atoms with Crippen molar-refractivity contribution in [3.8, 4) is 0 Å². The lowest BCUT2D eigenvalue weighted by molar-refractivity contribution is 0.510. The Kier molecular flexibility index (Phi) is 3.71. The van der Waals surface area contributed by atoms with Crippen LogP contribution in [0.4, 0.5) is 8.78 Å².